The van der Waals surface area contributed by atoms with Crippen LogP contribution in [0.2, 0.25) is 0 Å². The van der Waals surface area contributed by atoms with Crippen LogP contribution in [0.1, 0.15) is 13.8 Å². The normalized spacial score (nSPS) is 11.5. The van der Waals surface area contributed by atoms with Crippen LogP contribution in [0.3, 0.4) is 0 Å². The minimum Gasteiger partial charge on any atom is -0.337 e. The minimum absolute atomic E-state index is 0.0767. The molecule has 6 aromatic rings. The highest BCUT2D eigenvalue weighted by Crippen LogP contribution is 2.33. The number of aromatic nitrogens is 6. The van der Waals surface area contributed by atoms with Gasteiger partial charge in [-0.05, 0) is 35.9 Å². The van der Waals surface area contributed by atoms with Crippen molar-refractivity contribution in [3.8, 4) is 33.8 Å². The van der Waals surface area contributed by atoms with Gasteiger partial charge < -0.3 is 10.3 Å². The average molecular weight is 492 g/mol. The standard InChI is InChI=1S/C28H22FN7O/c1-15(2)28(37)32-20-10-17(12-30-14-20)18-11-22-25(35-36-26(22)31-13-18)27-33-23-8-4-7-21(24(23)34-27)16-5-3-6-19(29)9-16/h3-15H,1-2H3,(H,32,37)(H,33,34)(H,31,35,36). The molecular weight excluding hydrogens is 469 g/mol. The molecule has 37 heavy (non-hydrogen) atoms. The van der Waals surface area contributed by atoms with E-state index in [9.17, 15) is 9.18 Å². The van der Waals surface area contributed by atoms with Crippen LogP contribution in [0.5, 0.6) is 0 Å². The van der Waals surface area contributed by atoms with Crippen LogP contribution in [0.4, 0.5) is 10.1 Å². The largest absolute Gasteiger partial charge is 0.337 e. The second kappa shape index (κ2) is 8.94. The molecule has 0 aliphatic rings. The molecule has 6 rings (SSSR count). The van der Waals surface area contributed by atoms with Crippen molar-refractivity contribution in [1.82, 2.24) is 30.1 Å². The number of imidazole rings is 1. The first-order chi connectivity index (χ1) is 18.0. The fourth-order valence-corrected chi connectivity index (χ4v) is 4.23. The number of fused-ring (bicyclic) bond motifs is 2. The van der Waals surface area contributed by atoms with Gasteiger partial charge in [-0.1, -0.05) is 38.1 Å². The molecule has 0 spiro atoms. The molecule has 4 heterocycles. The highest BCUT2D eigenvalue weighted by molar-refractivity contribution is 5.97. The van der Waals surface area contributed by atoms with Gasteiger partial charge in [-0.2, -0.15) is 5.10 Å². The Morgan fingerprint density at radius 1 is 0.973 bits per heavy atom. The van der Waals surface area contributed by atoms with E-state index in [2.05, 4.69) is 30.5 Å². The predicted molar refractivity (Wildman–Crippen MR) is 141 cm³/mol. The number of amides is 1. The molecule has 0 unspecified atom stereocenters. The number of H-pyrrole nitrogens is 2. The minimum atomic E-state index is -0.300. The molecule has 0 aliphatic heterocycles. The van der Waals surface area contributed by atoms with Gasteiger partial charge in [0, 0.05) is 35.0 Å². The van der Waals surface area contributed by atoms with Gasteiger partial charge in [0.05, 0.1) is 28.3 Å². The molecule has 0 atom stereocenters. The number of pyridine rings is 2. The molecule has 0 saturated heterocycles. The van der Waals surface area contributed by atoms with Gasteiger partial charge in [0.1, 0.15) is 11.5 Å². The number of aromatic amines is 2. The number of hydrogen-bond acceptors (Lipinski definition) is 5. The van der Waals surface area contributed by atoms with Crippen LogP contribution >= 0.6 is 0 Å². The first kappa shape index (κ1) is 22.5. The Kier molecular flexibility index (Phi) is 5.45. The SMILES string of the molecule is CC(C)C(=O)Nc1cncc(-c2cnc3n[nH]c(-c4nc5c(-c6cccc(F)c6)cccc5[nH]4)c3c2)c1. The van der Waals surface area contributed by atoms with Crippen molar-refractivity contribution >= 4 is 33.7 Å². The molecule has 0 saturated carbocycles. The summed E-state index contributed by atoms with van der Waals surface area (Å²) in [5.41, 5.74) is 6.60. The summed E-state index contributed by atoms with van der Waals surface area (Å²) >= 11 is 0. The lowest BCUT2D eigenvalue weighted by molar-refractivity contribution is -0.118. The van der Waals surface area contributed by atoms with Crippen molar-refractivity contribution in [3.05, 3.63) is 79.0 Å². The molecule has 0 aliphatic carbocycles. The zero-order valence-electron chi connectivity index (χ0n) is 20.1. The molecule has 3 N–H and O–H groups in total. The lowest BCUT2D eigenvalue weighted by Crippen LogP contribution is -2.17. The number of rotatable bonds is 5. The molecular formula is C28H22FN7O. The van der Waals surface area contributed by atoms with Gasteiger partial charge in [-0.15, -0.1) is 0 Å². The Balaban J connectivity index is 1.41. The molecule has 2 aromatic carbocycles. The molecule has 1 amide bonds. The lowest BCUT2D eigenvalue weighted by atomic mass is 10.0. The van der Waals surface area contributed by atoms with Crippen LogP contribution in [0.25, 0.3) is 55.8 Å². The van der Waals surface area contributed by atoms with Crippen molar-refractivity contribution in [1.29, 1.82) is 0 Å². The van der Waals surface area contributed by atoms with Gasteiger partial charge in [0.25, 0.3) is 0 Å². The van der Waals surface area contributed by atoms with Gasteiger partial charge in [0.15, 0.2) is 11.5 Å². The first-order valence-electron chi connectivity index (χ1n) is 11.8. The molecule has 0 bridgehead atoms. The van der Waals surface area contributed by atoms with Crippen molar-refractivity contribution < 1.29 is 9.18 Å². The van der Waals surface area contributed by atoms with Crippen molar-refractivity contribution in [2.75, 3.05) is 5.32 Å². The highest BCUT2D eigenvalue weighted by atomic mass is 19.1. The predicted octanol–water partition coefficient (Wildman–Crippen LogP) is 5.96. The quantitative estimate of drug-likeness (QED) is 0.275. The van der Waals surface area contributed by atoms with E-state index in [1.54, 1.807) is 24.7 Å². The number of carbonyl (C=O) groups is 1. The number of halogens is 1. The van der Waals surface area contributed by atoms with Crippen molar-refractivity contribution in [2.24, 2.45) is 5.92 Å². The summed E-state index contributed by atoms with van der Waals surface area (Å²) in [5.74, 6) is 0.0784. The third-order valence-corrected chi connectivity index (χ3v) is 6.16. The summed E-state index contributed by atoms with van der Waals surface area (Å²) in [7, 11) is 0. The number of nitrogens with zero attached hydrogens (tertiary/aromatic N) is 4. The number of para-hydroxylation sites is 1. The van der Waals surface area contributed by atoms with Crippen LogP contribution in [0, 0.1) is 11.7 Å². The topological polar surface area (TPSA) is 112 Å². The lowest BCUT2D eigenvalue weighted by Gasteiger charge is -2.09. The van der Waals surface area contributed by atoms with E-state index in [1.165, 1.54) is 12.1 Å². The number of anilines is 1. The number of benzene rings is 2. The second-order valence-corrected chi connectivity index (χ2v) is 9.10. The fourth-order valence-electron chi connectivity index (χ4n) is 4.23. The third kappa shape index (κ3) is 4.20. The van der Waals surface area contributed by atoms with E-state index in [1.807, 2.05) is 50.2 Å². The summed E-state index contributed by atoms with van der Waals surface area (Å²) in [4.78, 5) is 29.1. The van der Waals surface area contributed by atoms with Crippen LogP contribution < -0.4 is 5.32 Å². The van der Waals surface area contributed by atoms with Gasteiger partial charge >= 0.3 is 0 Å². The van der Waals surface area contributed by atoms with Gasteiger partial charge in [0.2, 0.25) is 5.91 Å². The molecule has 0 fully saturated rings. The number of carbonyl (C=O) groups excluding carboxylic acids is 1. The van der Waals surface area contributed by atoms with Crippen molar-refractivity contribution in [3.63, 3.8) is 0 Å². The second-order valence-electron chi connectivity index (χ2n) is 9.10. The van der Waals surface area contributed by atoms with Crippen LogP contribution in [0.15, 0.2) is 73.2 Å². The van der Waals surface area contributed by atoms with Crippen molar-refractivity contribution in [2.45, 2.75) is 13.8 Å². The number of hydrogen-bond donors (Lipinski definition) is 3. The van der Waals surface area contributed by atoms with Crippen LogP contribution in [-0.4, -0.2) is 36.0 Å². The zero-order valence-corrected chi connectivity index (χ0v) is 20.1. The highest BCUT2D eigenvalue weighted by Gasteiger charge is 2.16. The fraction of sp³-hybridized carbons (Fsp3) is 0.107. The Bertz CT molecular complexity index is 1790. The molecule has 4 aromatic heterocycles. The van der Waals surface area contributed by atoms with E-state index in [0.29, 0.717) is 22.9 Å². The Morgan fingerprint density at radius 3 is 2.65 bits per heavy atom. The summed E-state index contributed by atoms with van der Waals surface area (Å²) in [6.45, 7) is 3.67. The molecule has 8 nitrogen and oxygen atoms in total. The maximum atomic E-state index is 13.9. The Hall–Kier alpha value is -4.92. The van der Waals surface area contributed by atoms with Crippen LogP contribution in [-0.2, 0) is 4.79 Å². The smallest absolute Gasteiger partial charge is 0.226 e. The zero-order chi connectivity index (χ0) is 25.5. The summed E-state index contributed by atoms with van der Waals surface area (Å²) in [5, 5.41) is 11.1. The first-order valence-corrected chi connectivity index (χ1v) is 11.8. The van der Waals surface area contributed by atoms with E-state index in [0.717, 1.165) is 38.7 Å². The maximum absolute atomic E-state index is 13.9. The van der Waals surface area contributed by atoms with Gasteiger partial charge in [-0.3, -0.25) is 14.9 Å². The molecule has 9 heteroatoms. The van der Waals surface area contributed by atoms with Gasteiger partial charge in [-0.25, -0.2) is 14.4 Å². The summed E-state index contributed by atoms with van der Waals surface area (Å²) in [6.07, 6.45) is 5.06. The molecule has 0 radical (unpaired) electrons. The maximum Gasteiger partial charge on any atom is 0.226 e. The summed E-state index contributed by atoms with van der Waals surface area (Å²) in [6, 6.07) is 16.1. The average Bonchev–Trinajstić information content (AvgIpc) is 3.52. The van der Waals surface area contributed by atoms with E-state index in [4.69, 9.17) is 4.98 Å². The van der Waals surface area contributed by atoms with E-state index >= 15 is 0 Å². The monoisotopic (exact) mass is 491 g/mol. The Morgan fingerprint density at radius 2 is 1.81 bits per heavy atom. The van der Waals surface area contributed by atoms with E-state index < -0.39 is 0 Å². The number of nitrogens with one attached hydrogen (secondary N) is 3. The third-order valence-electron chi connectivity index (χ3n) is 6.16. The van der Waals surface area contributed by atoms with E-state index in [-0.39, 0.29) is 17.6 Å². The Labute approximate surface area is 211 Å². The summed E-state index contributed by atoms with van der Waals surface area (Å²) < 4.78 is 13.9. The molecule has 182 valence electrons.